The predicted molar refractivity (Wildman–Crippen MR) is 127 cm³/mol. The SMILES string of the molecule is CCC(NC(=O)c1cn(-c2c(F)cc(F)cc2F)c2nc(N3CC(=O)[C@@H](O)C3)c(F)cc2c1=O)C(C)C. The van der Waals surface area contributed by atoms with Crippen molar-refractivity contribution >= 4 is 28.5 Å². The van der Waals surface area contributed by atoms with E-state index in [1.165, 1.54) is 0 Å². The molecule has 1 saturated heterocycles. The first-order valence-corrected chi connectivity index (χ1v) is 11.6. The minimum absolute atomic E-state index is 0.00353. The molecule has 0 radical (unpaired) electrons. The monoisotopic (exact) mass is 520 g/mol. The van der Waals surface area contributed by atoms with E-state index < -0.39 is 74.6 Å². The molecule has 196 valence electrons. The van der Waals surface area contributed by atoms with Gasteiger partial charge in [-0.1, -0.05) is 20.8 Å². The third kappa shape index (κ3) is 4.80. The Balaban J connectivity index is 2.00. The van der Waals surface area contributed by atoms with Crippen LogP contribution in [0.15, 0.2) is 29.2 Å². The highest BCUT2D eigenvalue weighted by Gasteiger charge is 2.32. The summed E-state index contributed by atoms with van der Waals surface area (Å²) in [7, 11) is 0. The van der Waals surface area contributed by atoms with Gasteiger partial charge in [-0.05, 0) is 18.4 Å². The second-order valence-electron chi connectivity index (χ2n) is 9.22. The van der Waals surface area contributed by atoms with Gasteiger partial charge in [0.1, 0.15) is 23.2 Å². The number of hydrogen-bond acceptors (Lipinski definition) is 6. The molecule has 12 heteroatoms. The van der Waals surface area contributed by atoms with E-state index in [2.05, 4.69) is 10.3 Å². The number of benzene rings is 1. The molecule has 0 bridgehead atoms. The summed E-state index contributed by atoms with van der Waals surface area (Å²) in [6.07, 6.45) is 0.0156. The van der Waals surface area contributed by atoms with Crippen LogP contribution in [-0.4, -0.2) is 51.6 Å². The molecule has 1 unspecified atom stereocenters. The third-order valence-electron chi connectivity index (χ3n) is 6.35. The molecule has 0 saturated carbocycles. The number of aliphatic hydroxyl groups is 1. The van der Waals surface area contributed by atoms with Crippen molar-refractivity contribution in [1.29, 1.82) is 0 Å². The molecule has 0 aliphatic carbocycles. The number of hydrogen-bond donors (Lipinski definition) is 2. The number of pyridine rings is 2. The molecule has 3 heterocycles. The van der Waals surface area contributed by atoms with Crippen LogP contribution >= 0.6 is 0 Å². The van der Waals surface area contributed by atoms with Crippen molar-refractivity contribution in [3.63, 3.8) is 0 Å². The third-order valence-corrected chi connectivity index (χ3v) is 6.35. The number of aromatic nitrogens is 2. The van der Waals surface area contributed by atoms with E-state index in [1.807, 2.05) is 20.8 Å². The number of anilines is 1. The van der Waals surface area contributed by atoms with E-state index in [0.717, 1.165) is 21.7 Å². The van der Waals surface area contributed by atoms with Crippen LogP contribution in [0.3, 0.4) is 0 Å². The first-order valence-electron chi connectivity index (χ1n) is 11.6. The molecule has 1 amide bonds. The van der Waals surface area contributed by atoms with E-state index >= 15 is 4.39 Å². The molecule has 2 atom stereocenters. The Bertz CT molecular complexity index is 1450. The quantitative estimate of drug-likeness (QED) is 0.485. The molecule has 2 N–H and O–H groups in total. The van der Waals surface area contributed by atoms with Crippen LogP contribution < -0.4 is 15.6 Å². The molecule has 1 aliphatic rings. The Labute approximate surface area is 208 Å². The zero-order chi connectivity index (χ0) is 27.2. The molecule has 8 nitrogen and oxygen atoms in total. The standard InChI is InChI=1S/C25H24F4N4O4/c1-4-18(11(2)3)30-25(37)14-8-33(21-15(27)5-12(26)6-16(21)28)23-13(22(14)36)7-17(29)24(31-23)32-9-19(34)20(35)10-32/h5-8,11,18-19,34H,4,9-10H2,1-3H3,(H,30,37)/t18?,19-/m0/s1. The lowest BCUT2D eigenvalue weighted by atomic mass is 10.0. The van der Waals surface area contributed by atoms with Crippen molar-refractivity contribution in [1.82, 2.24) is 14.9 Å². The molecular weight excluding hydrogens is 496 g/mol. The summed E-state index contributed by atoms with van der Waals surface area (Å²) in [5.41, 5.74) is -2.76. The van der Waals surface area contributed by atoms with Gasteiger partial charge in [0.2, 0.25) is 5.43 Å². The van der Waals surface area contributed by atoms with E-state index in [-0.39, 0.29) is 25.0 Å². The van der Waals surface area contributed by atoms with E-state index in [4.69, 9.17) is 0 Å². The van der Waals surface area contributed by atoms with Crippen molar-refractivity contribution in [3.05, 3.63) is 63.5 Å². The van der Waals surface area contributed by atoms with Gasteiger partial charge in [-0.25, -0.2) is 22.5 Å². The van der Waals surface area contributed by atoms with Crippen molar-refractivity contribution < 1.29 is 32.3 Å². The summed E-state index contributed by atoms with van der Waals surface area (Å²) in [5.74, 6) is -6.85. The molecule has 1 aromatic carbocycles. The van der Waals surface area contributed by atoms with Gasteiger partial charge >= 0.3 is 0 Å². The zero-order valence-corrected chi connectivity index (χ0v) is 20.2. The Kier molecular flexibility index (Phi) is 7.05. The van der Waals surface area contributed by atoms with Crippen LogP contribution in [0.4, 0.5) is 23.4 Å². The lowest BCUT2D eigenvalue weighted by molar-refractivity contribution is -0.122. The highest BCUT2D eigenvalue weighted by atomic mass is 19.1. The van der Waals surface area contributed by atoms with Crippen LogP contribution in [0.25, 0.3) is 16.7 Å². The number of rotatable bonds is 6. The molecule has 4 rings (SSSR count). The molecule has 37 heavy (non-hydrogen) atoms. The van der Waals surface area contributed by atoms with Gasteiger partial charge < -0.3 is 15.3 Å². The normalized spacial score (nSPS) is 16.6. The van der Waals surface area contributed by atoms with Gasteiger partial charge in [0.25, 0.3) is 5.91 Å². The van der Waals surface area contributed by atoms with Crippen LogP contribution in [0.2, 0.25) is 0 Å². The number of fused-ring (bicyclic) bond motifs is 1. The topological polar surface area (TPSA) is 105 Å². The first-order chi connectivity index (χ1) is 17.4. The number of carbonyl (C=O) groups is 2. The molecule has 3 aromatic rings. The largest absolute Gasteiger partial charge is 0.383 e. The maximum atomic E-state index is 15.1. The lowest BCUT2D eigenvalue weighted by Gasteiger charge is -2.22. The van der Waals surface area contributed by atoms with Gasteiger partial charge in [0, 0.05) is 24.4 Å². The van der Waals surface area contributed by atoms with E-state index in [1.54, 1.807) is 0 Å². The Hall–Kier alpha value is -3.80. The summed E-state index contributed by atoms with van der Waals surface area (Å²) in [4.78, 5) is 43.3. The average Bonchev–Trinajstić information content (AvgIpc) is 3.15. The number of nitrogens with one attached hydrogen (secondary N) is 1. The second-order valence-corrected chi connectivity index (χ2v) is 9.22. The Morgan fingerprint density at radius 1 is 1.14 bits per heavy atom. The number of Topliss-reactive ketones (excluding diaryl/α,β-unsaturated/α-hetero) is 1. The summed E-state index contributed by atoms with van der Waals surface area (Å²) >= 11 is 0. The van der Waals surface area contributed by atoms with Crippen LogP contribution in [0, 0.1) is 29.2 Å². The Morgan fingerprint density at radius 3 is 2.32 bits per heavy atom. The highest BCUT2D eigenvalue weighted by Crippen LogP contribution is 2.28. The summed E-state index contributed by atoms with van der Waals surface area (Å²) in [6.45, 7) is 4.88. The maximum Gasteiger partial charge on any atom is 0.257 e. The maximum absolute atomic E-state index is 15.1. The van der Waals surface area contributed by atoms with Gasteiger partial charge in [0.15, 0.2) is 34.7 Å². The Morgan fingerprint density at radius 2 is 1.78 bits per heavy atom. The minimum Gasteiger partial charge on any atom is -0.383 e. The molecule has 1 fully saturated rings. The minimum atomic E-state index is -1.38. The fourth-order valence-electron chi connectivity index (χ4n) is 4.35. The second kappa shape index (κ2) is 9.92. The number of halogens is 4. The van der Waals surface area contributed by atoms with Crippen molar-refractivity contribution in [2.45, 2.75) is 39.3 Å². The van der Waals surface area contributed by atoms with E-state index in [9.17, 15) is 32.7 Å². The number of aliphatic hydroxyl groups excluding tert-OH is 1. The number of carbonyl (C=O) groups excluding carboxylic acids is 2. The smallest absolute Gasteiger partial charge is 0.257 e. The van der Waals surface area contributed by atoms with Gasteiger partial charge in [-0.2, -0.15) is 0 Å². The van der Waals surface area contributed by atoms with Crippen LogP contribution in [0.1, 0.15) is 37.6 Å². The first kappa shape index (κ1) is 26.3. The molecule has 0 spiro atoms. The van der Waals surface area contributed by atoms with E-state index in [0.29, 0.717) is 18.6 Å². The van der Waals surface area contributed by atoms with Crippen molar-refractivity contribution in [2.24, 2.45) is 5.92 Å². The molecule has 1 aliphatic heterocycles. The zero-order valence-electron chi connectivity index (χ0n) is 20.2. The summed E-state index contributed by atoms with van der Waals surface area (Å²) in [6, 6.07) is 1.25. The summed E-state index contributed by atoms with van der Waals surface area (Å²) in [5, 5.41) is 12.0. The lowest BCUT2D eigenvalue weighted by Crippen LogP contribution is -2.40. The van der Waals surface area contributed by atoms with Gasteiger partial charge in [-0.3, -0.25) is 19.0 Å². The number of ketones is 1. The summed E-state index contributed by atoms with van der Waals surface area (Å²) < 4.78 is 59.2. The predicted octanol–water partition coefficient (Wildman–Crippen LogP) is 2.86. The van der Waals surface area contributed by atoms with Crippen molar-refractivity contribution in [3.8, 4) is 5.69 Å². The number of amides is 1. The molecule has 2 aromatic heterocycles. The van der Waals surface area contributed by atoms with Crippen LogP contribution in [0.5, 0.6) is 0 Å². The van der Waals surface area contributed by atoms with Gasteiger partial charge in [-0.15, -0.1) is 0 Å². The van der Waals surface area contributed by atoms with Gasteiger partial charge in [0.05, 0.1) is 18.5 Å². The fraction of sp³-hybridized carbons (Fsp3) is 0.360. The average molecular weight is 520 g/mol. The molecular formula is C25H24F4N4O4. The fourth-order valence-corrected chi connectivity index (χ4v) is 4.35. The van der Waals surface area contributed by atoms with Crippen LogP contribution in [-0.2, 0) is 4.79 Å². The van der Waals surface area contributed by atoms with Crippen molar-refractivity contribution in [2.75, 3.05) is 18.0 Å². The number of nitrogens with zero attached hydrogens (tertiary/aromatic N) is 3. The number of β-amino-alcohol motifs (C(OH)–C–C–N with tert-alkyl or cyclic N) is 1. The highest BCUT2D eigenvalue weighted by molar-refractivity contribution is 5.98.